The number of hydrogen-bond donors (Lipinski definition) is 2. The van der Waals surface area contributed by atoms with Crippen molar-refractivity contribution in [1.29, 1.82) is 0 Å². The summed E-state index contributed by atoms with van der Waals surface area (Å²) < 4.78 is 6.27. The van der Waals surface area contributed by atoms with Gasteiger partial charge in [-0.15, -0.1) is 0 Å². The number of hydrogen-bond acceptors (Lipinski definition) is 3. The van der Waals surface area contributed by atoms with Gasteiger partial charge in [0.25, 0.3) is 5.91 Å². The summed E-state index contributed by atoms with van der Waals surface area (Å²) in [5, 5.41) is 6.00. The van der Waals surface area contributed by atoms with Gasteiger partial charge in [-0.3, -0.25) is 9.59 Å². The quantitative estimate of drug-likeness (QED) is 0.700. The highest BCUT2D eigenvalue weighted by Crippen LogP contribution is 2.28. The largest absolute Gasteiger partial charge is 0.482 e. The van der Waals surface area contributed by atoms with E-state index < -0.39 is 0 Å². The lowest BCUT2D eigenvalue weighted by Gasteiger charge is -2.14. The maximum Gasteiger partial charge on any atom is 0.262 e. The number of amides is 2. The van der Waals surface area contributed by atoms with Gasteiger partial charge in [-0.05, 0) is 42.8 Å². The summed E-state index contributed by atoms with van der Waals surface area (Å²) in [4.78, 5) is 23.7. The van der Waals surface area contributed by atoms with E-state index in [4.69, 9.17) is 16.3 Å². The van der Waals surface area contributed by atoms with Gasteiger partial charge in [0.05, 0.1) is 5.02 Å². The average molecular weight is 426 g/mol. The van der Waals surface area contributed by atoms with Crippen LogP contribution in [0.1, 0.15) is 18.9 Å². The van der Waals surface area contributed by atoms with E-state index in [0.29, 0.717) is 28.6 Å². The first kappa shape index (κ1) is 19.3. The number of halogens is 2. The fraction of sp³-hybridized carbons (Fsp3) is 0.222. The van der Waals surface area contributed by atoms with Crippen molar-refractivity contribution in [3.8, 4) is 5.75 Å². The minimum atomic E-state index is -0.318. The van der Waals surface area contributed by atoms with Crippen molar-refractivity contribution in [2.24, 2.45) is 0 Å². The highest BCUT2D eigenvalue weighted by Gasteiger charge is 2.11. The number of benzene rings is 2. The maximum atomic E-state index is 12.1. The number of carbonyl (C=O) groups excluding carboxylic acids is 2. The lowest BCUT2D eigenvalue weighted by molar-refractivity contribution is -0.118. The Morgan fingerprint density at radius 2 is 1.76 bits per heavy atom. The third kappa shape index (κ3) is 5.47. The van der Waals surface area contributed by atoms with Crippen LogP contribution in [0, 0.1) is 6.92 Å². The number of ether oxygens (including phenoxy) is 1. The van der Waals surface area contributed by atoms with Gasteiger partial charge in [-0.2, -0.15) is 0 Å². The molecule has 0 heterocycles. The predicted molar refractivity (Wildman–Crippen MR) is 103 cm³/mol. The molecule has 0 saturated carbocycles. The number of nitrogens with one attached hydrogen (secondary N) is 2. The molecule has 2 aromatic rings. The molecule has 2 rings (SSSR count). The molecule has 0 aliphatic rings. The zero-order valence-corrected chi connectivity index (χ0v) is 16.2. The van der Waals surface area contributed by atoms with E-state index in [1.165, 1.54) is 0 Å². The zero-order valence-electron chi connectivity index (χ0n) is 13.9. The van der Waals surface area contributed by atoms with Gasteiger partial charge < -0.3 is 15.4 Å². The third-order valence-electron chi connectivity index (χ3n) is 3.46. The van der Waals surface area contributed by atoms with Crippen LogP contribution in [0.5, 0.6) is 5.75 Å². The molecular weight excluding hydrogens is 408 g/mol. The van der Waals surface area contributed by atoms with Crippen LogP contribution in [-0.2, 0) is 9.59 Å². The smallest absolute Gasteiger partial charge is 0.262 e. The summed E-state index contributed by atoms with van der Waals surface area (Å²) >= 11 is 9.36. The second kappa shape index (κ2) is 8.87. The van der Waals surface area contributed by atoms with Gasteiger partial charge in [0.2, 0.25) is 5.91 Å². The van der Waals surface area contributed by atoms with Crippen LogP contribution in [0.2, 0.25) is 5.02 Å². The molecule has 0 atom stereocenters. The molecule has 0 fully saturated rings. The second-order valence-electron chi connectivity index (χ2n) is 5.29. The Kier molecular flexibility index (Phi) is 6.84. The summed E-state index contributed by atoms with van der Waals surface area (Å²) in [5.74, 6) is 0.0292. The molecule has 0 aliphatic carbocycles. The minimum Gasteiger partial charge on any atom is -0.482 e. The van der Waals surface area contributed by atoms with Crippen molar-refractivity contribution in [2.75, 3.05) is 17.2 Å². The second-order valence-corrected chi connectivity index (χ2v) is 6.61. The number of anilines is 2. The fourth-order valence-electron chi connectivity index (χ4n) is 2.07. The van der Waals surface area contributed by atoms with Crippen molar-refractivity contribution >= 4 is 50.7 Å². The predicted octanol–water partition coefficient (Wildman–Crippen LogP) is 4.78. The van der Waals surface area contributed by atoms with E-state index in [9.17, 15) is 9.59 Å². The van der Waals surface area contributed by atoms with Crippen LogP contribution >= 0.6 is 27.5 Å². The molecule has 132 valence electrons. The molecule has 0 unspecified atom stereocenters. The van der Waals surface area contributed by atoms with Crippen molar-refractivity contribution in [2.45, 2.75) is 20.3 Å². The van der Waals surface area contributed by atoms with Crippen LogP contribution in [0.3, 0.4) is 0 Å². The van der Waals surface area contributed by atoms with Crippen LogP contribution in [-0.4, -0.2) is 18.4 Å². The lowest BCUT2D eigenvalue weighted by Crippen LogP contribution is -2.21. The highest BCUT2D eigenvalue weighted by molar-refractivity contribution is 9.10. The van der Waals surface area contributed by atoms with Crippen LogP contribution in [0.15, 0.2) is 40.9 Å². The molecule has 5 nitrogen and oxygen atoms in total. The first-order valence-electron chi connectivity index (χ1n) is 7.68. The molecular formula is C18H18BrClN2O3. The molecule has 0 aliphatic heterocycles. The highest BCUT2D eigenvalue weighted by atomic mass is 79.9. The Bertz CT molecular complexity index is 796. The Balaban J connectivity index is 2.00. The number of carbonyl (C=O) groups is 2. The van der Waals surface area contributed by atoms with E-state index in [-0.39, 0.29) is 18.4 Å². The first-order valence-corrected chi connectivity index (χ1v) is 8.85. The van der Waals surface area contributed by atoms with Crippen LogP contribution in [0.25, 0.3) is 0 Å². The third-order valence-corrected chi connectivity index (χ3v) is 4.24. The molecule has 0 bridgehead atoms. The lowest BCUT2D eigenvalue weighted by atomic mass is 10.1. The van der Waals surface area contributed by atoms with Gasteiger partial charge in [-0.25, -0.2) is 0 Å². The zero-order chi connectivity index (χ0) is 18.4. The summed E-state index contributed by atoms with van der Waals surface area (Å²) in [5.41, 5.74) is 2.06. The molecule has 0 aromatic heterocycles. The van der Waals surface area contributed by atoms with E-state index >= 15 is 0 Å². The normalized spacial score (nSPS) is 10.2. The Morgan fingerprint density at radius 1 is 1.12 bits per heavy atom. The Morgan fingerprint density at radius 3 is 2.36 bits per heavy atom. The van der Waals surface area contributed by atoms with Crippen molar-refractivity contribution < 1.29 is 14.3 Å². The summed E-state index contributed by atoms with van der Waals surface area (Å²) in [6.45, 7) is 3.43. The topological polar surface area (TPSA) is 67.4 Å². The molecule has 2 amide bonds. The SMILES string of the molecule is CCC(=O)Nc1cccc(NC(=O)COc2ccc(Br)cc2Cl)c1C. The van der Waals surface area contributed by atoms with Crippen molar-refractivity contribution in [3.63, 3.8) is 0 Å². The molecule has 0 spiro atoms. The van der Waals surface area contributed by atoms with Gasteiger partial charge in [0.1, 0.15) is 5.75 Å². The van der Waals surface area contributed by atoms with E-state index in [0.717, 1.165) is 10.0 Å². The first-order chi connectivity index (χ1) is 11.9. The van der Waals surface area contributed by atoms with Gasteiger partial charge >= 0.3 is 0 Å². The van der Waals surface area contributed by atoms with Crippen molar-refractivity contribution in [3.05, 3.63) is 51.5 Å². The monoisotopic (exact) mass is 424 g/mol. The molecule has 0 saturated heterocycles. The molecule has 2 N–H and O–H groups in total. The van der Waals surface area contributed by atoms with E-state index in [2.05, 4.69) is 26.6 Å². The van der Waals surface area contributed by atoms with Gasteiger partial charge in [0, 0.05) is 22.3 Å². The van der Waals surface area contributed by atoms with Crippen molar-refractivity contribution in [1.82, 2.24) is 0 Å². The standard InChI is InChI=1S/C18H18BrClN2O3/c1-3-17(23)21-14-5-4-6-15(11(14)2)22-18(24)10-25-16-8-7-12(19)9-13(16)20/h4-9H,3,10H2,1-2H3,(H,21,23)(H,22,24). The summed E-state index contributed by atoms with van der Waals surface area (Å²) in [7, 11) is 0. The Labute approximate surface area is 159 Å². The van der Waals surface area contributed by atoms with Gasteiger partial charge in [0.15, 0.2) is 6.61 Å². The Hall–Kier alpha value is -2.05. The minimum absolute atomic E-state index is 0.0835. The van der Waals surface area contributed by atoms with Crippen LogP contribution in [0.4, 0.5) is 11.4 Å². The fourth-order valence-corrected chi connectivity index (χ4v) is 2.79. The average Bonchev–Trinajstić information content (AvgIpc) is 2.57. The molecule has 25 heavy (non-hydrogen) atoms. The molecule has 7 heteroatoms. The molecule has 0 radical (unpaired) electrons. The van der Waals surface area contributed by atoms with Crippen LogP contribution < -0.4 is 15.4 Å². The summed E-state index contributed by atoms with van der Waals surface area (Å²) in [6.07, 6.45) is 0.387. The number of rotatable bonds is 6. The summed E-state index contributed by atoms with van der Waals surface area (Å²) in [6, 6.07) is 10.5. The van der Waals surface area contributed by atoms with E-state index in [1.807, 2.05) is 6.92 Å². The van der Waals surface area contributed by atoms with Gasteiger partial charge in [-0.1, -0.05) is 40.5 Å². The maximum absolute atomic E-state index is 12.1. The molecule has 2 aromatic carbocycles. The van der Waals surface area contributed by atoms with E-state index in [1.54, 1.807) is 43.3 Å².